The van der Waals surface area contributed by atoms with Gasteiger partial charge in [0.2, 0.25) is 0 Å². The molecule has 0 aromatic heterocycles. The summed E-state index contributed by atoms with van der Waals surface area (Å²) in [6.07, 6.45) is -0.519. The number of likely N-dealkylation sites (N-methyl/N-ethyl adjacent to an activating group) is 1. The third-order valence-corrected chi connectivity index (χ3v) is 3.09. The molecule has 0 aliphatic carbocycles. The summed E-state index contributed by atoms with van der Waals surface area (Å²) in [5, 5.41) is 9.78. The van der Waals surface area contributed by atoms with E-state index in [1.807, 2.05) is 36.2 Å². The van der Waals surface area contributed by atoms with E-state index in [9.17, 15) is 5.11 Å². The van der Waals surface area contributed by atoms with Crippen LogP contribution in [0, 0.1) is 0 Å². The first-order chi connectivity index (χ1) is 9.12. The van der Waals surface area contributed by atoms with E-state index in [4.69, 9.17) is 15.2 Å². The Bertz CT molecular complexity index is 373. The zero-order valence-electron chi connectivity index (χ0n) is 11.9. The van der Waals surface area contributed by atoms with Gasteiger partial charge in [0.15, 0.2) is 0 Å². The molecular formula is C14H24N2O3. The van der Waals surface area contributed by atoms with E-state index >= 15 is 0 Å². The zero-order chi connectivity index (χ0) is 14.3. The highest BCUT2D eigenvalue weighted by Gasteiger charge is 2.18. The minimum absolute atomic E-state index is 0.0432. The topological polar surface area (TPSA) is 68.0 Å². The van der Waals surface area contributed by atoms with E-state index < -0.39 is 6.10 Å². The SMILES string of the molecule is COCC(O)CN(C)C(CN)c1cccc(OC)c1. The van der Waals surface area contributed by atoms with E-state index in [1.165, 1.54) is 0 Å². The van der Waals surface area contributed by atoms with Gasteiger partial charge in [-0.25, -0.2) is 0 Å². The van der Waals surface area contributed by atoms with Crippen molar-refractivity contribution in [3.8, 4) is 5.75 Å². The predicted octanol–water partition coefficient (Wildman–Crippen LogP) is 0.634. The second-order valence-corrected chi connectivity index (χ2v) is 4.58. The van der Waals surface area contributed by atoms with Gasteiger partial charge in [-0.3, -0.25) is 4.90 Å². The molecule has 108 valence electrons. The Labute approximate surface area is 114 Å². The van der Waals surface area contributed by atoms with Crippen LogP contribution in [0.2, 0.25) is 0 Å². The third-order valence-electron chi connectivity index (χ3n) is 3.09. The first-order valence-corrected chi connectivity index (χ1v) is 6.33. The number of ether oxygens (including phenoxy) is 2. The summed E-state index contributed by atoms with van der Waals surface area (Å²) in [6.45, 7) is 1.30. The first kappa shape index (κ1) is 15.9. The van der Waals surface area contributed by atoms with Crippen LogP contribution in [0.25, 0.3) is 0 Å². The lowest BCUT2D eigenvalue weighted by Crippen LogP contribution is -2.37. The lowest BCUT2D eigenvalue weighted by atomic mass is 10.0. The lowest BCUT2D eigenvalue weighted by Gasteiger charge is -2.29. The maximum atomic E-state index is 9.78. The summed E-state index contributed by atoms with van der Waals surface area (Å²) in [4.78, 5) is 2.03. The number of nitrogens with zero attached hydrogens (tertiary/aromatic N) is 1. The van der Waals surface area contributed by atoms with Crippen LogP contribution in [0.4, 0.5) is 0 Å². The molecule has 5 nitrogen and oxygen atoms in total. The van der Waals surface area contributed by atoms with Gasteiger partial charge in [0.25, 0.3) is 0 Å². The molecular weight excluding hydrogens is 244 g/mol. The van der Waals surface area contributed by atoms with Crippen molar-refractivity contribution in [2.75, 3.05) is 41.0 Å². The van der Waals surface area contributed by atoms with Gasteiger partial charge in [-0.05, 0) is 24.7 Å². The highest BCUT2D eigenvalue weighted by molar-refractivity contribution is 5.30. The van der Waals surface area contributed by atoms with E-state index in [-0.39, 0.29) is 6.04 Å². The smallest absolute Gasteiger partial charge is 0.119 e. The van der Waals surface area contributed by atoms with Crippen molar-refractivity contribution in [2.24, 2.45) is 5.73 Å². The Balaban J connectivity index is 2.75. The quantitative estimate of drug-likeness (QED) is 0.724. The molecule has 0 amide bonds. The Kier molecular flexibility index (Phi) is 6.80. The van der Waals surface area contributed by atoms with Crippen molar-refractivity contribution in [1.82, 2.24) is 4.90 Å². The Morgan fingerprint density at radius 2 is 2.11 bits per heavy atom. The van der Waals surface area contributed by atoms with Gasteiger partial charge in [-0.2, -0.15) is 0 Å². The number of aliphatic hydroxyl groups is 1. The standard InChI is InChI=1S/C14H24N2O3/c1-16(9-12(17)10-18-2)14(8-15)11-5-4-6-13(7-11)19-3/h4-7,12,14,17H,8-10,15H2,1-3H3. The third kappa shape index (κ3) is 4.80. The fraction of sp³-hybridized carbons (Fsp3) is 0.571. The van der Waals surface area contributed by atoms with Crippen molar-refractivity contribution < 1.29 is 14.6 Å². The second kappa shape index (κ2) is 8.12. The number of aliphatic hydroxyl groups excluding tert-OH is 1. The average molecular weight is 268 g/mol. The van der Waals surface area contributed by atoms with Crippen molar-refractivity contribution in [3.63, 3.8) is 0 Å². The van der Waals surface area contributed by atoms with Crippen molar-refractivity contribution in [2.45, 2.75) is 12.1 Å². The van der Waals surface area contributed by atoms with Gasteiger partial charge in [0.05, 0.1) is 19.8 Å². The van der Waals surface area contributed by atoms with Gasteiger partial charge < -0.3 is 20.3 Å². The largest absolute Gasteiger partial charge is 0.497 e. The summed E-state index contributed by atoms with van der Waals surface area (Å²) >= 11 is 0. The molecule has 1 aromatic carbocycles. The molecule has 0 heterocycles. The predicted molar refractivity (Wildman–Crippen MR) is 75.3 cm³/mol. The molecule has 2 atom stereocenters. The van der Waals surface area contributed by atoms with Crippen LogP contribution in [0.3, 0.4) is 0 Å². The van der Waals surface area contributed by atoms with Crippen LogP contribution < -0.4 is 10.5 Å². The molecule has 19 heavy (non-hydrogen) atoms. The number of benzene rings is 1. The zero-order valence-corrected chi connectivity index (χ0v) is 11.9. The molecule has 0 radical (unpaired) electrons. The minimum Gasteiger partial charge on any atom is -0.497 e. The number of rotatable bonds is 8. The monoisotopic (exact) mass is 268 g/mol. The molecule has 0 saturated carbocycles. The molecule has 0 aliphatic heterocycles. The van der Waals surface area contributed by atoms with Gasteiger partial charge in [-0.1, -0.05) is 12.1 Å². The van der Waals surface area contributed by atoms with Gasteiger partial charge >= 0.3 is 0 Å². The normalized spacial score (nSPS) is 14.4. The van der Waals surface area contributed by atoms with E-state index in [2.05, 4.69) is 0 Å². The molecule has 0 aliphatic rings. The summed E-state index contributed by atoms with van der Waals surface area (Å²) in [5.74, 6) is 0.807. The number of methoxy groups -OCH3 is 2. The summed E-state index contributed by atoms with van der Waals surface area (Å²) in [6, 6.07) is 7.87. The fourth-order valence-electron chi connectivity index (χ4n) is 2.12. The number of hydrogen-bond donors (Lipinski definition) is 2. The molecule has 2 unspecified atom stereocenters. The van der Waals surface area contributed by atoms with Crippen LogP contribution in [0.1, 0.15) is 11.6 Å². The average Bonchev–Trinajstić information content (AvgIpc) is 2.40. The molecule has 0 bridgehead atoms. The van der Waals surface area contributed by atoms with Gasteiger partial charge in [-0.15, -0.1) is 0 Å². The Morgan fingerprint density at radius 3 is 2.68 bits per heavy atom. The van der Waals surface area contributed by atoms with Gasteiger partial charge in [0, 0.05) is 26.2 Å². The van der Waals surface area contributed by atoms with Crippen molar-refractivity contribution in [3.05, 3.63) is 29.8 Å². The molecule has 5 heteroatoms. The molecule has 1 aromatic rings. The minimum atomic E-state index is -0.519. The van der Waals surface area contributed by atoms with E-state index in [0.717, 1.165) is 11.3 Å². The Hall–Kier alpha value is -1.14. The highest BCUT2D eigenvalue weighted by Crippen LogP contribution is 2.22. The fourth-order valence-corrected chi connectivity index (χ4v) is 2.12. The van der Waals surface area contributed by atoms with Crippen LogP contribution in [0.15, 0.2) is 24.3 Å². The summed E-state index contributed by atoms with van der Waals surface area (Å²) < 4.78 is 10.2. The summed E-state index contributed by atoms with van der Waals surface area (Å²) in [5.41, 5.74) is 6.93. The van der Waals surface area contributed by atoms with E-state index in [0.29, 0.717) is 19.7 Å². The Morgan fingerprint density at radius 1 is 1.37 bits per heavy atom. The molecule has 0 saturated heterocycles. The van der Waals surface area contributed by atoms with Crippen LogP contribution in [-0.4, -0.2) is 57.1 Å². The summed E-state index contributed by atoms with van der Waals surface area (Å²) in [7, 11) is 5.16. The second-order valence-electron chi connectivity index (χ2n) is 4.58. The van der Waals surface area contributed by atoms with Crippen molar-refractivity contribution in [1.29, 1.82) is 0 Å². The van der Waals surface area contributed by atoms with E-state index in [1.54, 1.807) is 14.2 Å². The molecule has 0 spiro atoms. The first-order valence-electron chi connectivity index (χ1n) is 6.33. The van der Waals surface area contributed by atoms with Crippen molar-refractivity contribution >= 4 is 0 Å². The van der Waals surface area contributed by atoms with Gasteiger partial charge in [0.1, 0.15) is 5.75 Å². The number of nitrogens with two attached hydrogens (primary N) is 1. The molecule has 3 N–H and O–H groups in total. The molecule has 0 fully saturated rings. The maximum Gasteiger partial charge on any atom is 0.119 e. The van der Waals surface area contributed by atoms with Crippen LogP contribution in [-0.2, 0) is 4.74 Å². The van der Waals surface area contributed by atoms with Crippen LogP contribution in [0.5, 0.6) is 5.75 Å². The highest BCUT2D eigenvalue weighted by atomic mass is 16.5. The van der Waals surface area contributed by atoms with Crippen LogP contribution >= 0.6 is 0 Å². The number of hydrogen-bond acceptors (Lipinski definition) is 5. The maximum absolute atomic E-state index is 9.78. The lowest BCUT2D eigenvalue weighted by molar-refractivity contribution is 0.0348. The molecule has 1 rings (SSSR count).